The Bertz CT molecular complexity index is 1310. The molecule has 9 nitrogen and oxygen atoms in total. The van der Waals surface area contributed by atoms with Crippen LogP contribution in [0.5, 0.6) is 5.75 Å². The Hall–Kier alpha value is -3.27. The van der Waals surface area contributed by atoms with Gasteiger partial charge < -0.3 is 19.4 Å². The van der Waals surface area contributed by atoms with Gasteiger partial charge in [-0.1, -0.05) is 18.6 Å². The molecule has 1 aliphatic carbocycles. The maximum absolute atomic E-state index is 14.9. The Morgan fingerprint density at radius 2 is 1.77 bits per heavy atom. The average Bonchev–Trinajstić information content (AvgIpc) is 3.42. The first-order valence-corrected chi connectivity index (χ1v) is 15.0. The molecule has 0 N–H and O–H groups in total. The lowest BCUT2D eigenvalue weighted by atomic mass is 9.83. The van der Waals surface area contributed by atoms with E-state index in [0.29, 0.717) is 42.9 Å². The van der Waals surface area contributed by atoms with Crippen molar-refractivity contribution in [2.24, 2.45) is 5.92 Å². The van der Waals surface area contributed by atoms with E-state index in [1.54, 1.807) is 35.4 Å². The summed E-state index contributed by atoms with van der Waals surface area (Å²) >= 11 is 0. The van der Waals surface area contributed by atoms with Crippen LogP contribution >= 0.6 is 0 Å². The van der Waals surface area contributed by atoms with Gasteiger partial charge in [-0.15, -0.1) is 0 Å². The maximum Gasteiger partial charge on any atom is 0.225 e. The zero-order chi connectivity index (χ0) is 27.5. The number of nitrogens with zero attached hydrogens (tertiary/aromatic N) is 7. The van der Waals surface area contributed by atoms with Gasteiger partial charge in [-0.3, -0.25) is 4.79 Å². The predicted octanol–water partition coefficient (Wildman–Crippen LogP) is 4.11. The van der Waals surface area contributed by atoms with Crippen molar-refractivity contribution in [1.29, 1.82) is 0 Å². The van der Waals surface area contributed by atoms with Gasteiger partial charge in [0.05, 0.1) is 24.7 Å². The fourth-order valence-electron chi connectivity index (χ4n) is 6.72. The highest BCUT2D eigenvalue weighted by molar-refractivity contribution is 5.87. The summed E-state index contributed by atoms with van der Waals surface area (Å²) in [6, 6.07) is 5.84. The van der Waals surface area contributed by atoms with Crippen LogP contribution in [0.2, 0.25) is 0 Å². The number of ether oxygens (including phenoxy) is 1. The van der Waals surface area contributed by atoms with Gasteiger partial charge in [0, 0.05) is 43.7 Å². The molecular formula is C30H40FN7O2. The molecule has 10 heteroatoms. The highest BCUT2D eigenvalue weighted by atomic mass is 19.1. The fraction of sp³-hybridized carbons (Fsp3) is 0.600. The summed E-state index contributed by atoms with van der Waals surface area (Å²) in [6.07, 6.45) is 11.6. The van der Waals surface area contributed by atoms with Gasteiger partial charge >= 0.3 is 0 Å². The molecule has 2 saturated heterocycles. The lowest BCUT2D eigenvalue weighted by molar-refractivity contribution is -0.137. The molecule has 1 saturated carbocycles. The molecule has 4 heterocycles. The Morgan fingerprint density at radius 1 is 1.00 bits per heavy atom. The van der Waals surface area contributed by atoms with E-state index >= 15 is 0 Å². The zero-order valence-electron chi connectivity index (χ0n) is 23.5. The number of likely N-dealkylation sites (tertiary alicyclic amines) is 1. The van der Waals surface area contributed by atoms with E-state index < -0.39 is 0 Å². The summed E-state index contributed by atoms with van der Waals surface area (Å²) in [7, 11) is 0. The first-order valence-electron chi connectivity index (χ1n) is 15.0. The second-order valence-electron chi connectivity index (χ2n) is 11.3. The molecule has 214 valence electrons. The molecular weight excluding hydrogens is 509 g/mol. The van der Waals surface area contributed by atoms with Crippen LogP contribution in [-0.4, -0.2) is 87.4 Å². The summed E-state index contributed by atoms with van der Waals surface area (Å²) in [6.45, 7) is 7.78. The quantitative estimate of drug-likeness (QED) is 0.439. The van der Waals surface area contributed by atoms with Gasteiger partial charge in [-0.05, 0) is 64.6 Å². The van der Waals surface area contributed by atoms with Gasteiger partial charge in [-0.2, -0.15) is 5.10 Å². The van der Waals surface area contributed by atoms with Crippen LogP contribution in [-0.2, 0) is 11.3 Å². The smallest absolute Gasteiger partial charge is 0.225 e. The highest BCUT2D eigenvalue weighted by Crippen LogP contribution is 2.31. The minimum Gasteiger partial charge on any atom is -0.491 e. The number of benzene rings is 1. The number of hydrogen-bond acceptors (Lipinski definition) is 7. The van der Waals surface area contributed by atoms with Crippen molar-refractivity contribution >= 4 is 22.8 Å². The van der Waals surface area contributed by atoms with Crippen LogP contribution in [0.15, 0.2) is 30.7 Å². The standard InChI is InChI=1S/C30H40FN7O2/c1-2-40-26-8-6-7-23(27(26)31)20-38-29-25(19-34-38)28(32-21-33-29)36-15-17-37(18-16-36)30(39)22-9-11-24(12-10-22)35-13-4-3-5-14-35/h6-8,19,21-22,24H,2-5,9-18,20H2,1H3. The average molecular weight is 550 g/mol. The first kappa shape index (κ1) is 26.9. The number of halogens is 1. The molecule has 40 heavy (non-hydrogen) atoms. The third-order valence-electron chi connectivity index (χ3n) is 8.92. The largest absolute Gasteiger partial charge is 0.491 e. The number of piperazine rings is 1. The van der Waals surface area contributed by atoms with E-state index in [1.807, 2.05) is 6.92 Å². The Balaban J connectivity index is 1.07. The van der Waals surface area contributed by atoms with Crippen LogP contribution in [0.25, 0.3) is 11.0 Å². The number of carbonyl (C=O) groups is 1. The molecule has 1 aromatic carbocycles. The third-order valence-corrected chi connectivity index (χ3v) is 8.92. The molecule has 6 rings (SSSR count). The monoisotopic (exact) mass is 549 g/mol. The van der Waals surface area contributed by atoms with Crippen molar-refractivity contribution in [1.82, 2.24) is 29.5 Å². The Kier molecular flexibility index (Phi) is 8.13. The number of rotatable bonds is 7. The molecule has 0 bridgehead atoms. The van der Waals surface area contributed by atoms with E-state index in [0.717, 1.165) is 50.0 Å². The molecule has 1 amide bonds. The Labute approximate surface area is 235 Å². The fourth-order valence-corrected chi connectivity index (χ4v) is 6.72. The molecule has 0 atom stereocenters. The Morgan fingerprint density at radius 3 is 2.52 bits per heavy atom. The second-order valence-corrected chi connectivity index (χ2v) is 11.3. The summed E-state index contributed by atoms with van der Waals surface area (Å²) in [5.41, 5.74) is 1.16. The lowest BCUT2D eigenvalue weighted by Gasteiger charge is -2.41. The maximum atomic E-state index is 14.9. The van der Waals surface area contributed by atoms with Crippen LogP contribution < -0.4 is 9.64 Å². The zero-order valence-corrected chi connectivity index (χ0v) is 23.5. The van der Waals surface area contributed by atoms with Gasteiger partial charge in [-0.25, -0.2) is 19.0 Å². The summed E-state index contributed by atoms with van der Waals surface area (Å²) in [5, 5.41) is 5.35. The van der Waals surface area contributed by atoms with Crippen LogP contribution in [0.3, 0.4) is 0 Å². The highest BCUT2D eigenvalue weighted by Gasteiger charge is 2.33. The van der Waals surface area contributed by atoms with Crippen molar-refractivity contribution < 1.29 is 13.9 Å². The van der Waals surface area contributed by atoms with Crippen LogP contribution in [0.4, 0.5) is 10.2 Å². The molecule has 0 spiro atoms. The number of amides is 1. The van der Waals surface area contributed by atoms with E-state index in [-0.39, 0.29) is 24.0 Å². The van der Waals surface area contributed by atoms with Gasteiger partial charge in [0.2, 0.25) is 5.91 Å². The molecule has 3 aromatic rings. The number of anilines is 1. The minimum absolute atomic E-state index is 0.165. The number of carbonyl (C=O) groups excluding carboxylic acids is 1. The molecule has 3 fully saturated rings. The number of piperidine rings is 1. The van der Waals surface area contributed by atoms with Crippen LogP contribution in [0.1, 0.15) is 57.4 Å². The third kappa shape index (κ3) is 5.50. The van der Waals surface area contributed by atoms with E-state index in [4.69, 9.17) is 4.74 Å². The molecule has 0 unspecified atom stereocenters. The second kappa shape index (κ2) is 12.1. The van der Waals surface area contributed by atoms with E-state index in [1.165, 1.54) is 32.4 Å². The normalized spacial score (nSPS) is 22.6. The summed E-state index contributed by atoms with van der Waals surface area (Å²) in [5.74, 6) is 1.18. The summed E-state index contributed by atoms with van der Waals surface area (Å²) in [4.78, 5) is 29.4. The number of hydrogen-bond donors (Lipinski definition) is 0. The lowest BCUT2D eigenvalue weighted by Crippen LogP contribution is -2.51. The molecule has 3 aliphatic rings. The van der Waals surface area contributed by atoms with Crippen molar-refractivity contribution in [2.45, 2.75) is 64.5 Å². The van der Waals surface area contributed by atoms with E-state index in [9.17, 15) is 9.18 Å². The number of fused-ring (bicyclic) bond motifs is 1. The van der Waals surface area contributed by atoms with Crippen molar-refractivity contribution in [2.75, 3.05) is 50.8 Å². The minimum atomic E-state index is -0.372. The van der Waals surface area contributed by atoms with Gasteiger partial charge in [0.15, 0.2) is 17.2 Å². The van der Waals surface area contributed by atoms with E-state index in [2.05, 4.69) is 29.8 Å². The molecule has 2 aliphatic heterocycles. The molecule has 2 aromatic heterocycles. The van der Waals surface area contributed by atoms with Gasteiger partial charge in [0.25, 0.3) is 0 Å². The summed E-state index contributed by atoms with van der Waals surface area (Å²) < 4.78 is 22.0. The predicted molar refractivity (Wildman–Crippen MR) is 152 cm³/mol. The number of aromatic nitrogens is 4. The molecule has 0 radical (unpaired) electrons. The van der Waals surface area contributed by atoms with Gasteiger partial charge in [0.1, 0.15) is 12.1 Å². The topological polar surface area (TPSA) is 79.6 Å². The SMILES string of the molecule is CCOc1cccc(Cn2ncc3c(N4CCN(C(=O)C5CCC(N6CCCCC6)CC5)CC4)ncnc32)c1F. The van der Waals surface area contributed by atoms with Crippen molar-refractivity contribution in [3.05, 3.63) is 42.1 Å². The first-order chi connectivity index (χ1) is 19.6. The van der Waals surface area contributed by atoms with Crippen molar-refractivity contribution in [3.63, 3.8) is 0 Å². The van der Waals surface area contributed by atoms with Crippen LogP contribution in [0, 0.1) is 11.7 Å². The van der Waals surface area contributed by atoms with Crippen molar-refractivity contribution in [3.8, 4) is 5.75 Å².